The Labute approximate surface area is 192 Å². The van der Waals surface area contributed by atoms with Gasteiger partial charge in [0.2, 0.25) is 11.8 Å². The van der Waals surface area contributed by atoms with Crippen molar-refractivity contribution in [2.45, 2.75) is 33.1 Å². The van der Waals surface area contributed by atoms with Crippen molar-refractivity contribution in [3.05, 3.63) is 41.6 Å². The molecule has 0 bridgehead atoms. The van der Waals surface area contributed by atoms with Crippen LogP contribution in [-0.2, 0) is 17.1 Å². The van der Waals surface area contributed by atoms with Crippen molar-refractivity contribution in [2.75, 3.05) is 42.6 Å². The maximum absolute atomic E-state index is 13.4. The quantitative estimate of drug-likeness (QED) is 0.560. The highest BCUT2D eigenvalue weighted by molar-refractivity contribution is 5.85. The Kier molecular flexibility index (Phi) is 6.99. The zero-order chi connectivity index (χ0) is 25.3. The maximum atomic E-state index is 13.4. The molecule has 2 aromatic rings. The summed E-state index contributed by atoms with van der Waals surface area (Å²) >= 11 is 0. The molecule has 1 saturated heterocycles. The molecule has 0 aliphatic carbocycles. The second kappa shape index (κ2) is 9.30. The van der Waals surface area contributed by atoms with Gasteiger partial charge in [0.05, 0.1) is 5.56 Å². The van der Waals surface area contributed by atoms with Crippen molar-refractivity contribution >= 4 is 17.4 Å². The summed E-state index contributed by atoms with van der Waals surface area (Å²) < 4.78 is 84.4. The molecule has 1 aromatic carbocycles. The van der Waals surface area contributed by atoms with E-state index in [-0.39, 0.29) is 43.8 Å². The summed E-state index contributed by atoms with van der Waals surface area (Å²) in [6.45, 7) is 5.40. The third kappa shape index (κ3) is 6.29. The number of piperazine rings is 1. The number of halogens is 6. The normalized spacial score (nSPS) is 15.4. The number of carbonyl (C=O) groups is 1. The Morgan fingerprint density at radius 1 is 0.912 bits per heavy atom. The standard InChI is InChI=1S/C22H24F6N4O2/c1-20(2,3)17(33)13-34-18-12-16(22(26,27)28)29-19(30-18)32-9-7-31(8-10-32)15-6-4-5-14(11-15)21(23,24)25/h4-6,11-12H,7-10,13H2,1-3H3. The number of Topliss-reactive ketones (excluding diaryl/α,β-unsaturated/α-hetero) is 1. The van der Waals surface area contributed by atoms with Gasteiger partial charge in [-0.05, 0) is 18.2 Å². The number of hydrogen-bond acceptors (Lipinski definition) is 6. The minimum atomic E-state index is -4.76. The predicted octanol–water partition coefficient (Wildman–Crippen LogP) is 4.83. The van der Waals surface area contributed by atoms with E-state index in [9.17, 15) is 31.1 Å². The summed E-state index contributed by atoms with van der Waals surface area (Å²) in [4.78, 5) is 22.9. The van der Waals surface area contributed by atoms with Gasteiger partial charge in [0.1, 0.15) is 6.61 Å². The largest absolute Gasteiger partial charge is 0.470 e. The first-order chi connectivity index (χ1) is 15.6. The van der Waals surface area contributed by atoms with Crippen molar-refractivity contribution in [3.63, 3.8) is 0 Å². The van der Waals surface area contributed by atoms with Gasteiger partial charge in [-0.3, -0.25) is 4.79 Å². The molecule has 34 heavy (non-hydrogen) atoms. The van der Waals surface area contributed by atoms with Crippen LogP contribution in [0.15, 0.2) is 30.3 Å². The average Bonchev–Trinajstić information content (AvgIpc) is 2.75. The summed E-state index contributed by atoms with van der Waals surface area (Å²) in [7, 11) is 0. The molecule has 0 spiro atoms. The number of nitrogens with zero attached hydrogens (tertiary/aromatic N) is 4. The van der Waals surface area contributed by atoms with Crippen LogP contribution < -0.4 is 14.5 Å². The van der Waals surface area contributed by atoms with E-state index in [4.69, 9.17) is 4.74 Å². The van der Waals surface area contributed by atoms with Gasteiger partial charge in [-0.2, -0.15) is 31.3 Å². The maximum Gasteiger partial charge on any atom is 0.433 e. The Bertz CT molecular complexity index is 1030. The van der Waals surface area contributed by atoms with Crippen LogP contribution in [0.3, 0.4) is 0 Å². The van der Waals surface area contributed by atoms with Gasteiger partial charge >= 0.3 is 12.4 Å². The predicted molar refractivity (Wildman–Crippen MR) is 113 cm³/mol. The number of hydrogen-bond donors (Lipinski definition) is 0. The summed E-state index contributed by atoms with van der Waals surface area (Å²) in [5.74, 6) is -0.914. The molecule has 1 aromatic heterocycles. The molecular formula is C22H24F6N4O2. The van der Waals surface area contributed by atoms with Gasteiger partial charge in [-0.1, -0.05) is 26.8 Å². The van der Waals surface area contributed by atoms with Gasteiger partial charge in [-0.25, -0.2) is 4.98 Å². The second-order valence-electron chi connectivity index (χ2n) is 8.87. The molecule has 0 amide bonds. The van der Waals surface area contributed by atoms with Crippen LogP contribution in [0, 0.1) is 5.41 Å². The van der Waals surface area contributed by atoms with Gasteiger partial charge in [-0.15, -0.1) is 0 Å². The zero-order valence-corrected chi connectivity index (χ0v) is 18.8. The van der Waals surface area contributed by atoms with E-state index in [1.165, 1.54) is 11.0 Å². The van der Waals surface area contributed by atoms with E-state index in [1.807, 2.05) is 0 Å². The summed E-state index contributed by atoms with van der Waals surface area (Å²) in [5.41, 5.74) is -2.36. The van der Waals surface area contributed by atoms with E-state index in [2.05, 4.69) is 9.97 Å². The van der Waals surface area contributed by atoms with Crippen LogP contribution in [-0.4, -0.2) is 48.5 Å². The van der Waals surface area contributed by atoms with Crippen LogP contribution in [0.1, 0.15) is 32.0 Å². The number of rotatable bonds is 5. The van der Waals surface area contributed by atoms with Crippen molar-refractivity contribution in [1.82, 2.24) is 9.97 Å². The molecule has 0 unspecified atom stereocenters. The number of ketones is 1. The molecule has 0 N–H and O–H groups in total. The van der Waals surface area contributed by atoms with Crippen LogP contribution in [0.2, 0.25) is 0 Å². The highest BCUT2D eigenvalue weighted by Crippen LogP contribution is 2.33. The third-order valence-electron chi connectivity index (χ3n) is 5.27. The molecule has 186 valence electrons. The SMILES string of the molecule is CC(C)(C)C(=O)COc1cc(C(F)(F)F)nc(N2CCN(c3cccc(C(F)(F)F)c3)CC2)n1. The van der Waals surface area contributed by atoms with Crippen molar-refractivity contribution in [1.29, 1.82) is 0 Å². The minimum Gasteiger partial charge on any atom is -0.470 e. The van der Waals surface area contributed by atoms with Crippen molar-refractivity contribution in [2.24, 2.45) is 5.41 Å². The first kappa shape index (κ1) is 25.6. The topological polar surface area (TPSA) is 58.6 Å². The summed E-state index contributed by atoms with van der Waals surface area (Å²) in [6.07, 6.45) is -9.24. The Morgan fingerprint density at radius 2 is 1.53 bits per heavy atom. The number of carbonyl (C=O) groups excluding carboxylic acids is 1. The monoisotopic (exact) mass is 490 g/mol. The minimum absolute atomic E-state index is 0.178. The zero-order valence-electron chi connectivity index (χ0n) is 18.8. The lowest BCUT2D eigenvalue weighted by Gasteiger charge is -2.36. The molecule has 1 aliphatic heterocycles. The second-order valence-corrected chi connectivity index (χ2v) is 8.87. The van der Waals surface area contributed by atoms with E-state index < -0.39 is 35.6 Å². The van der Waals surface area contributed by atoms with Gasteiger partial charge in [0.15, 0.2) is 11.5 Å². The molecule has 0 atom stereocenters. The van der Waals surface area contributed by atoms with Gasteiger partial charge < -0.3 is 14.5 Å². The molecular weight excluding hydrogens is 466 g/mol. The fourth-order valence-electron chi connectivity index (χ4n) is 3.17. The molecule has 6 nitrogen and oxygen atoms in total. The van der Waals surface area contributed by atoms with Crippen LogP contribution >= 0.6 is 0 Å². The number of alkyl halides is 6. The van der Waals surface area contributed by atoms with Gasteiger partial charge in [0.25, 0.3) is 0 Å². The highest BCUT2D eigenvalue weighted by Gasteiger charge is 2.35. The Morgan fingerprint density at radius 3 is 2.09 bits per heavy atom. The first-order valence-corrected chi connectivity index (χ1v) is 10.4. The number of aromatic nitrogens is 2. The third-order valence-corrected chi connectivity index (χ3v) is 5.27. The fourth-order valence-corrected chi connectivity index (χ4v) is 3.17. The molecule has 3 rings (SSSR count). The molecule has 1 fully saturated rings. The molecule has 12 heteroatoms. The Balaban J connectivity index is 1.76. The summed E-state index contributed by atoms with van der Waals surface area (Å²) in [6, 6.07) is 5.50. The Hall–Kier alpha value is -3.05. The lowest BCUT2D eigenvalue weighted by Crippen LogP contribution is -2.47. The fraction of sp³-hybridized carbons (Fsp3) is 0.500. The lowest BCUT2D eigenvalue weighted by molar-refractivity contribution is -0.141. The highest BCUT2D eigenvalue weighted by atomic mass is 19.4. The first-order valence-electron chi connectivity index (χ1n) is 10.4. The summed E-state index contributed by atoms with van der Waals surface area (Å²) in [5, 5.41) is 0. The van der Waals surface area contributed by atoms with Crippen molar-refractivity contribution < 1.29 is 35.9 Å². The molecule has 2 heterocycles. The van der Waals surface area contributed by atoms with E-state index in [1.54, 1.807) is 31.7 Å². The van der Waals surface area contributed by atoms with Crippen LogP contribution in [0.4, 0.5) is 38.0 Å². The van der Waals surface area contributed by atoms with Gasteiger partial charge in [0, 0.05) is 43.3 Å². The van der Waals surface area contributed by atoms with Crippen LogP contribution in [0.5, 0.6) is 5.88 Å². The smallest absolute Gasteiger partial charge is 0.433 e. The number of anilines is 2. The average molecular weight is 490 g/mol. The van der Waals surface area contributed by atoms with E-state index >= 15 is 0 Å². The van der Waals surface area contributed by atoms with E-state index in [0.29, 0.717) is 11.8 Å². The van der Waals surface area contributed by atoms with E-state index in [0.717, 1.165) is 12.1 Å². The van der Waals surface area contributed by atoms with Crippen LogP contribution in [0.25, 0.3) is 0 Å². The lowest BCUT2D eigenvalue weighted by atomic mass is 9.91. The van der Waals surface area contributed by atoms with Crippen molar-refractivity contribution in [3.8, 4) is 5.88 Å². The molecule has 0 radical (unpaired) electrons. The number of ether oxygens (including phenoxy) is 1. The molecule has 0 saturated carbocycles. The number of benzene rings is 1. The molecule has 1 aliphatic rings.